The van der Waals surface area contributed by atoms with Crippen molar-refractivity contribution in [2.45, 2.75) is 44.8 Å². The zero-order chi connectivity index (χ0) is 11.8. The van der Waals surface area contributed by atoms with Crippen molar-refractivity contribution in [3.05, 3.63) is 0 Å². The summed E-state index contributed by atoms with van der Waals surface area (Å²) in [6.45, 7) is 6.34. The summed E-state index contributed by atoms with van der Waals surface area (Å²) in [4.78, 5) is 16.8. The second-order valence-electron chi connectivity index (χ2n) is 5.69. The molecule has 4 saturated heterocycles. The van der Waals surface area contributed by atoms with E-state index in [1.165, 1.54) is 25.9 Å². The molecule has 4 heterocycles. The molecule has 17 heavy (non-hydrogen) atoms. The molecule has 4 rings (SSSR count). The summed E-state index contributed by atoms with van der Waals surface area (Å²) in [6.07, 6.45) is 5.11. The predicted molar refractivity (Wildman–Crippen MR) is 66.5 cm³/mol. The lowest BCUT2D eigenvalue weighted by molar-refractivity contribution is -0.134. The minimum Gasteiger partial charge on any atom is -0.322 e. The van der Waals surface area contributed by atoms with Crippen LogP contribution in [0.1, 0.15) is 32.6 Å². The molecule has 4 aliphatic rings. The Morgan fingerprint density at radius 2 is 2.12 bits per heavy atom. The Morgan fingerprint density at radius 3 is 2.71 bits per heavy atom. The van der Waals surface area contributed by atoms with Gasteiger partial charge in [0.05, 0.1) is 12.7 Å². The van der Waals surface area contributed by atoms with Gasteiger partial charge in [-0.05, 0) is 38.3 Å². The first-order valence-electron chi connectivity index (χ1n) is 7.06. The average molecular weight is 237 g/mol. The van der Waals surface area contributed by atoms with Gasteiger partial charge in [0.1, 0.15) is 0 Å². The van der Waals surface area contributed by atoms with Crippen molar-refractivity contribution < 1.29 is 4.79 Å². The van der Waals surface area contributed by atoms with Crippen LogP contribution in [0.15, 0.2) is 0 Å². The molecule has 4 aliphatic heterocycles. The van der Waals surface area contributed by atoms with Gasteiger partial charge >= 0.3 is 0 Å². The Labute approximate surface area is 103 Å². The fourth-order valence-corrected chi connectivity index (χ4v) is 3.75. The van der Waals surface area contributed by atoms with E-state index in [-0.39, 0.29) is 0 Å². The number of rotatable bonds is 3. The van der Waals surface area contributed by atoms with Gasteiger partial charge in [0.25, 0.3) is 0 Å². The first-order valence-corrected chi connectivity index (χ1v) is 7.06. The molecule has 4 fully saturated rings. The van der Waals surface area contributed by atoms with E-state index in [1.54, 1.807) is 0 Å². The number of nitrogens with one attached hydrogen (secondary N) is 1. The molecule has 0 aromatic carbocycles. The van der Waals surface area contributed by atoms with Crippen LogP contribution >= 0.6 is 0 Å². The zero-order valence-corrected chi connectivity index (χ0v) is 10.7. The Balaban J connectivity index is 1.75. The van der Waals surface area contributed by atoms with Crippen LogP contribution < -0.4 is 5.32 Å². The third-order valence-electron chi connectivity index (χ3n) is 4.65. The average Bonchev–Trinajstić information content (AvgIpc) is 2.72. The van der Waals surface area contributed by atoms with E-state index in [2.05, 4.69) is 22.0 Å². The van der Waals surface area contributed by atoms with Crippen molar-refractivity contribution in [3.8, 4) is 0 Å². The number of fused-ring (bicyclic) bond motifs is 3. The van der Waals surface area contributed by atoms with Gasteiger partial charge in [0, 0.05) is 12.6 Å². The molecule has 0 radical (unpaired) electrons. The Hall–Kier alpha value is -0.610. The second kappa shape index (κ2) is 4.58. The van der Waals surface area contributed by atoms with Crippen molar-refractivity contribution in [2.24, 2.45) is 5.92 Å². The summed E-state index contributed by atoms with van der Waals surface area (Å²) >= 11 is 0. The van der Waals surface area contributed by atoms with E-state index in [0.29, 0.717) is 24.7 Å². The molecule has 2 bridgehead atoms. The Bertz CT molecular complexity index is 299. The van der Waals surface area contributed by atoms with Crippen molar-refractivity contribution >= 4 is 5.91 Å². The minimum absolute atomic E-state index is 0.304. The summed E-state index contributed by atoms with van der Waals surface area (Å²) in [6, 6.07) is 0.483. The highest BCUT2D eigenvalue weighted by atomic mass is 16.2. The number of piperidine rings is 3. The summed E-state index contributed by atoms with van der Waals surface area (Å²) in [5.74, 6) is 1.07. The van der Waals surface area contributed by atoms with E-state index in [1.807, 2.05) is 0 Å². The molecular formula is C13H23N3O. The molecule has 4 heteroatoms. The summed E-state index contributed by atoms with van der Waals surface area (Å²) < 4.78 is 0. The monoisotopic (exact) mass is 237 g/mol. The second-order valence-corrected chi connectivity index (χ2v) is 5.69. The number of carbonyl (C=O) groups is 1. The van der Waals surface area contributed by atoms with Crippen LogP contribution in [-0.2, 0) is 4.79 Å². The number of hydrogen-bond donors (Lipinski definition) is 1. The van der Waals surface area contributed by atoms with E-state index in [0.717, 1.165) is 25.3 Å². The van der Waals surface area contributed by atoms with Gasteiger partial charge in [0.15, 0.2) is 0 Å². The largest absolute Gasteiger partial charge is 0.322 e. The molecule has 1 amide bonds. The van der Waals surface area contributed by atoms with Crippen LogP contribution in [0.4, 0.5) is 0 Å². The molecule has 0 spiro atoms. The lowest BCUT2D eigenvalue weighted by atomic mass is 9.83. The molecule has 4 nitrogen and oxygen atoms in total. The normalized spacial score (nSPS) is 41.2. The van der Waals surface area contributed by atoms with Gasteiger partial charge < -0.3 is 9.80 Å². The zero-order valence-electron chi connectivity index (χ0n) is 10.7. The molecule has 1 N–H and O–H groups in total. The van der Waals surface area contributed by atoms with Crippen LogP contribution in [0, 0.1) is 5.92 Å². The smallest absolute Gasteiger partial charge is 0.238 e. The molecule has 0 aliphatic carbocycles. The maximum atomic E-state index is 12.1. The van der Waals surface area contributed by atoms with Gasteiger partial charge in [-0.2, -0.15) is 0 Å². The van der Waals surface area contributed by atoms with Crippen molar-refractivity contribution in [3.63, 3.8) is 0 Å². The summed E-state index contributed by atoms with van der Waals surface area (Å²) in [5, 5.41) is 3.37. The highest BCUT2D eigenvalue weighted by molar-refractivity contribution is 5.81. The summed E-state index contributed by atoms with van der Waals surface area (Å²) in [5.41, 5.74) is 0. The first-order chi connectivity index (χ1) is 8.29. The van der Waals surface area contributed by atoms with Crippen LogP contribution in [0.2, 0.25) is 0 Å². The molecule has 2 atom stereocenters. The van der Waals surface area contributed by atoms with Crippen LogP contribution in [0.3, 0.4) is 0 Å². The third kappa shape index (κ3) is 1.97. The Morgan fingerprint density at radius 1 is 1.35 bits per heavy atom. The van der Waals surface area contributed by atoms with Gasteiger partial charge in [0.2, 0.25) is 5.91 Å². The number of carbonyl (C=O) groups excluding carboxylic acids is 1. The fraction of sp³-hybridized carbons (Fsp3) is 0.923. The molecule has 2 unspecified atom stereocenters. The lowest BCUT2D eigenvalue weighted by Gasteiger charge is -2.49. The molecule has 0 aromatic rings. The van der Waals surface area contributed by atoms with Crippen molar-refractivity contribution in [1.82, 2.24) is 15.1 Å². The Kier molecular flexibility index (Phi) is 3.09. The quantitative estimate of drug-likeness (QED) is 0.782. The van der Waals surface area contributed by atoms with E-state index in [9.17, 15) is 4.79 Å². The van der Waals surface area contributed by atoms with Gasteiger partial charge in [-0.25, -0.2) is 0 Å². The van der Waals surface area contributed by atoms with Gasteiger partial charge in [-0.3, -0.25) is 10.1 Å². The lowest BCUT2D eigenvalue weighted by Crippen LogP contribution is -2.60. The van der Waals surface area contributed by atoms with Crippen molar-refractivity contribution in [2.75, 3.05) is 26.2 Å². The van der Waals surface area contributed by atoms with Gasteiger partial charge in [-0.15, -0.1) is 0 Å². The first kappa shape index (κ1) is 11.5. The van der Waals surface area contributed by atoms with Crippen molar-refractivity contribution in [1.29, 1.82) is 0 Å². The maximum absolute atomic E-state index is 12.1. The number of hydrogen-bond acceptors (Lipinski definition) is 3. The number of nitrogens with zero attached hydrogens (tertiary/aromatic N) is 2. The molecule has 0 aromatic heterocycles. The van der Waals surface area contributed by atoms with Crippen LogP contribution in [0.25, 0.3) is 0 Å². The van der Waals surface area contributed by atoms with Crippen LogP contribution in [0.5, 0.6) is 0 Å². The van der Waals surface area contributed by atoms with E-state index < -0.39 is 0 Å². The maximum Gasteiger partial charge on any atom is 0.238 e. The summed E-state index contributed by atoms with van der Waals surface area (Å²) in [7, 11) is 0. The predicted octanol–water partition coefficient (Wildman–Crippen LogP) is 0.639. The molecule has 0 saturated carbocycles. The third-order valence-corrected chi connectivity index (χ3v) is 4.65. The topological polar surface area (TPSA) is 35.6 Å². The van der Waals surface area contributed by atoms with Crippen LogP contribution in [-0.4, -0.2) is 54.1 Å². The highest BCUT2D eigenvalue weighted by Gasteiger charge is 2.43. The number of amides is 1. The van der Waals surface area contributed by atoms with Gasteiger partial charge in [-0.1, -0.05) is 13.3 Å². The molecular weight excluding hydrogens is 214 g/mol. The van der Waals surface area contributed by atoms with E-state index >= 15 is 0 Å². The molecule has 96 valence electrons. The SMILES string of the molecule is CCCC1NCC(=O)N1C1CN2CCC1CC2. The van der Waals surface area contributed by atoms with E-state index in [4.69, 9.17) is 0 Å². The standard InChI is InChI=1S/C13H23N3O/c1-2-3-12-14-8-13(17)16(12)11-9-15-6-4-10(11)5-7-15/h10-12,14H,2-9H2,1H3. The minimum atomic E-state index is 0.304. The highest BCUT2D eigenvalue weighted by Crippen LogP contribution is 2.33. The fourth-order valence-electron chi connectivity index (χ4n) is 3.75.